The normalized spacial score (nSPS) is 13.2. The van der Waals surface area contributed by atoms with E-state index in [4.69, 9.17) is 8.75 Å². The molecule has 17 aromatic rings. The minimum absolute atomic E-state index is 0.506. The van der Waals surface area contributed by atoms with Crippen molar-refractivity contribution in [2.45, 2.75) is 10.8 Å². The molecular weight excluding hydrogens is 1170 g/mol. The molecule has 444 valence electrons. The summed E-state index contributed by atoms with van der Waals surface area (Å²) < 4.78 is 12.7. The second kappa shape index (κ2) is 21.8. The summed E-state index contributed by atoms with van der Waals surface area (Å²) in [7, 11) is 0. The Balaban J connectivity index is 0.734. The molecule has 0 unspecified atom stereocenters. The molecule has 0 amide bonds. The van der Waals surface area contributed by atoms with Gasteiger partial charge in [-0.2, -0.15) is 8.75 Å². The molecule has 0 atom stereocenters. The van der Waals surface area contributed by atoms with Crippen LogP contribution in [0.25, 0.3) is 105 Å². The fraction of sp³-hybridized carbons (Fsp3) is 0.0222. The number of nitrogens with zero attached hydrogens (tertiary/aromatic N) is 4. The lowest BCUT2D eigenvalue weighted by molar-refractivity contribution is 0.769. The summed E-state index contributed by atoms with van der Waals surface area (Å²) in [6, 6.07) is 130. The van der Waals surface area contributed by atoms with Gasteiger partial charge in [0.2, 0.25) is 0 Å². The molecule has 2 aliphatic rings. The zero-order chi connectivity index (χ0) is 62.6. The molecule has 2 heterocycles. The van der Waals surface area contributed by atoms with Crippen LogP contribution in [0.4, 0.5) is 17.1 Å². The van der Waals surface area contributed by atoms with Gasteiger partial charge in [-0.05, 0) is 184 Å². The predicted octanol–water partition coefficient (Wildman–Crippen LogP) is 23.1. The highest BCUT2D eigenvalue weighted by Gasteiger charge is 2.47. The van der Waals surface area contributed by atoms with Crippen LogP contribution < -0.4 is 4.90 Å². The van der Waals surface area contributed by atoms with Crippen LogP contribution >= 0.6 is 11.7 Å². The van der Waals surface area contributed by atoms with Gasteiger partial charge in [0.05, 0.1) is 39.3 Å². The summed E-state index contributed by atoms with van der Waals surface area (Å²) in [5.74, 6) is 0. The van der Waals surface area contributed by atoms with Crippen LogP contribution in [0.5, 0.6) is 0 Å². The predicted molar refractivity (Wildman–Crippen MR) is 395 cm³/mol. The molecule has 2 aliphatic carbocycles. The molecule has 2 aromatic heterocycles. The SMILES string of the molecule is c1ccc(C2(c3ccccc3)c3ccccc3-c3ccc(-c4ccc(N(c5ccc(-c6ccc7c(c6)C(c6ccccc6)(c6ccccc6)c6ccccc6-7)cc5)c5ccc(-c6ccc(-n7c8ccccc8c8cc9ccccc9cc87)cc6)c6nsnc56)cc4)cc32)cc1. The molecule has 5 heteroatoms. The van der Waals surface area contributed by atoms with E-state index in [1.165, 1.54) is 111 Å². The van der Waals surface area contributed by atoms with E-state index in [2.05, 4.69) is 361 Å². The Hall–Kier alpha value is -12.0. The highest BCUT2D eigenvalue weighted by atomic mass is 32.1. The van der Waals surface area contributed by atoms with Gasteiger partial charge >= 0.3 is 0 Å². The number of para-hydroxylation sites is 1. The Kier molecular flexibility index (Phi) is 12.6. The van der Waals surface area contributed by atoms with Crippen molar-refractivity contribution >= 4 is 72.4 Å². The number of hydrogen-bond donors (Lipinski definition) is 0. The summed E-state index contributed by atoms with van der Waals surface area (Å²) in [4.78, 5) is 2.36. The molecule has 0 fully saturated rings. The molecule has 0 saturated carbocycles. The Labute approximate surface area is 555 Å². The largest absolute Gasteiger partial charge is 0.309 e. The Bertz CT molecular complexity index is 5510. The topological polar surface area (TPSA) is 34.0 Å². The minimum atomic E-state index is -0.506. The number of rotatable bonds is 11. The van der Waals surface area contributed by atoms with Gasteiger partial charge in [0.1, 0.15) is 11.0 Å². The average Bonchev–Trinajstić information content (AvgIpc) is 1.70. The third-order valence-corrected chi connectivity index (χ3v) is 21.0. The van der Waals surface area contributed by atoms with Crippen molar-refractivity contribution in [1.82, 2.24) is 13.3 Å². The maximum Gasteiger partial charge on any atom is 0.129 e. The third kappa shape index (κ3) is 8.33. The van der Waals surface area contributed by atoms with Crippen LogP contribution in [0.3, 0.4) is 0 Å². The summed E-state index contributed by atoms with van der Waals surface area (Å²) in [5.41, 5.74) is 29.0. The molecule has 0 saturated heterocycles. The highest BCUT2D eigenvalue weighted by molar-refractivity contribution is 7.00. The van der Waals surface area contributed by atoms with Crippen LogP contribution in [0.1, 0.15) is 44.5 Å². The average molecular weight is 1230 g/mol. The van der Waals surface area contributed by atoms with Gasteiger partial charge in [-0.1, -0.05) is 273 Å². The van der Waals surface area contributed by atoms with Crippen molar-refractivity contribution in [2.75, 3.05) is 4.90 Å². The van der Waals surface area contributed by atoms with Crippen molar-refractivity contribution in [3.8, 4) is 61.3 Å². The van der Waals surface area contributed by atoms with Crippen molar-refractivity contribution in [3.63, 3.8) is 0 Å². The Morgan fingerprint density at radius 1 is 0.274 bits per heavy atom. The van der Waals surface area contributed by atoms with E-state index in [1.807, 2.05) is 0 Å². The second-order valence-electron chi connectivity index (χ2n) is 25.2. The smallest absolute Gasteiger partial charge is 0.129 e. The van der Waals surface area contributed by atoms with E-state index in [1.54, 1.807) is 0 Å². The van der Waals surface area contributed by atoms with Crippen LogP contribution in [0, 0.1) is 0 Å². The maximum atomic E-state index is 5.17. The standard InChI is InChI=1S/C90H58N4S/c1-5-23-66(24-6-1)89(67-25-7-2-8-26-67)80-34-18-15-31-74(80)76-51-43-64(56-82(76)89)59-37-45-70(46-38-59)93(71-47-39-60(40-48-71)65-44-52-77-75-32-16-19-35-81(75)90(83(77)57-65,68-27-9-3-10-28-68)69-29-11-4-12-30-69)85-54-53-73(87-88(85)92-95-91-87)61-41-49-72(50-42-61)94-84-36-20-17-33-78(84)79-55-62-21-13-14-22-63(62)58-86(79)94/h1-58H. The lowest BCUT2D eigenvalue weighted by atomic mass is 9.67. The molecule has 95 heavy (non-hydrogen) atoms. The fourth-order valence-electron chi connectivity index (χ4n) is 16.3. The van der Waals surface area contributed by atoms with E-state index in [-0.39, 0.29) is 0 Å². The molecule has 19 rings (SSSR count). The van der Waals surface area contributed by atoms with Crippen molar-refractivity contribution in [1.29, 1.82) is 0 Å². The fourth-order valence-corrected chi connectivity index (χ4v) is 16.8. The van der Waals surface area contributed by atoms with Crippen molar-refractivity contribution in [3.05, 3.63) is 396 Å². The summed E-state index contributed by atoms with van der Waals surface area (Å²) in [6.07, 6.45) is 0. The van der Waals surface area contributed by atoms with E-state index in [0.717, 1.165) is 67.2 Å². The first-order valence-corrected chi connectivity index (χ1v) is 33.3. The van der Waals surface area contributed by atoms with Crippen LogP contribution in [-0.4, -0.2) is 13.3 Å². The van der Waals surface area contributed by atoms with E-state index >= 15 is 0 Å². The minimum Gasteiger partial charge on any atom is -0.309 e. The lowest BCUT2D eigenvalue weighted by Crippen LogP contribution is -2.28. The lowest BCUT2D eigenvalue weighted by Gasteiger charge is -2.34. The number of anilines is 3. The molecule has 0 aliphatic heterocycles. The highest BCUT2D eigenvalue weighted by Crippen LogP contribution is 2.59. The van der Waals surface area contributed by atoms with Crippen LogP contribution in [-0.2, 0) is 10.8 Å². The van der Waals surface area contributed by atoms with Crippen molar-refractivity contribution < 1.29 is 0 Å². The van der Waals surface area contributed by atoms with E-state index in [0.29, 0.717) is 0 Å². The molecule has 0 bridgehead atoms. The summed E-state index contributed by atoms with van der Waals surface area (Å²) in [5, 5.41) is 4.95. The molecule has 0 spiro atoms. The van der Waals surface area contributed by atoms with Gasteiger partial charge in [0, 0.05) is 33.4 Å². The number of fused-ring (bicyclic) bond motifs is 11. The van der Waals surface area contributed by atoms with Gasteiger partial charge in [0.15, 0.2) is 0 Å². The van der Waals surface area contributed by atoms with Gasteiger partial charge in [-0.3, -0.25) is 0 Å². The molecule has 0 N–H and O–H groups in total. The monoisotopic (exact) mass is 1230 g/mol. The second-order valence-corrected chi connectivity index (χ2v) is 25.7. The quantitative estimate of drug-likeness (QED) is 0.129. The Morgan fingerprint density at radius 3 is 1.21 bits per heavy atom. The van der Waals surface area contributed by atoms with E-state index in [9.17, 15) is 0 Å². The van der Waals surface area contributed by atoms with E-state index < -0.39 is 10.8 Å². The molecular formula is C90H58N4S. The van der Waals surface area contributed by atoms with Crippen LogP contribution in [0.2, 0.25) is 0 Å². The summed E-state index contributed by atoms with van der Waals surface area (Å²) in [6.45, 7) is 0. The first-order valence-electron chi connectivity index (χ1n) is 32.6. The zero-order valence-corrected chi connectivity index (χ0v) is 52.5. The first-order chi connectivity index (χ1) is 47.1. The number of hydrogen-bond acceptors (Lipinski definition) is 4. The molecule has 4 nitrogen and oxygen atoms in total. The number of aromatic nitrogens is 3. The summed E-state index contributed by atoms with van der Waals surface area (Å²) >= 11 is 1.26. The van der Waals surface area contributed by atoms with Gasteiger partial charge in [-0.25, -0.2) is 0 Å². The van der Waals surface area contributed by atoms with Gasteiger partial charge < -0.3 is 9.47 Å². The van der Waals surface area contributed by atoms with Crippen molar-refractivity contribution in [2.24, 2.45) is 0 Å². The van der Waals surface area contributed by atoms with Crippen LogP contribution in [0.15, 0.2) is 352 Å². The first kappa shape index (κ1) is 54.7. The van der Waals surface area contributed by atoms with Gasteiger partial charge in [-0.15, -0.1) is 0 Å². The van der Waals surface area contributed by atoms with Gasteiger partial charge in [0.25, 0.3) is 0 Å². The molecule has 0 radical (unpaired) electrons. The Morgan fingerprint density at radius 2 is 0.684 bits per heavy atom. The third-order valence-electron chi connectivity index (χ3n) is 20.4. The zero-order valence-electron chi connectivity index (χ0n) is 51.7. The number of benzene rings is 15. The maximum absolute atomic E-state index is 5.17. The molecule has 15 aromatic carbocycles.